The molecule has 2 heterocycles. The molecule has 2 atom stereocenters. The van der Waals surface area contributed by atoms with Crippen LogP contribution in [0.25, 0.3) is 0 Å². The molecule has 0 radical (unpaired) electrons. The van der Waals surface area contributed by atoms with Crippen LogP contribution in [0.4, 0.5) is 0 Å². The summed E-state index contributed by atoms with van der Waals surface area (Å²) in [5, 5.41) is 0. The third-order valence-electron chi connectivity index (χ3n) is 4.96. The predicted molar refractivity (Wildman–Crippen MR) is 91.7 cm³/mol. The van der Waals surface area contributed by atoms with Crippen LogP contribution in [0.2, 0.25) is 0 Å². The number of pyridine rings is 1. The van der Waals surface area contributed by atoms with Gasteiger partial charge in [-0.2, -0.15) is 0 Å². The summed E-state index contributed by atoms with van der Waals surface area (Å²) in [5.41, 5.74) is 1.25. The largest absolute Gasteiger partial charge is 0.342 e. The van der Waals surface area contributed by atoms with Gasteiger partial charge in [0.05, 0.1) is 0 Å². The lowest BCUT2D eigenvalue weighted by Gasteiger charge is -2.25. The third-order valence-corrected chi connectivity index (χ3v) is 4.96. The Morgan fingerprint density at radius 2 is 2.30 bits per heavy atom. The molecule has 23 heavy (non-hydrogen) atoms. The molecule has 0 unspecified atom stereocenters. The highest BCUT2D eigenvalue weighted by Gasteiger charge is 2.31. The van der Waals surface area contributed by atoms with Gasteiger partial charge < -0.3 is 9.80 Å². The summed E-state index contributed by atoms with van der Waals surface area (Å²) in [7, 11) is 2.16. The Bertz CT molecular complexity index is 543. The first-order chi connectivity index (χ1) is 11.2. The maximum Gasteiger partial charge on any atom is 0.226 e. The second-order valence-corrected chi connectivity index (χ2v) is 6.98. The zero-order chi connectivity index (χ0) is 16.1. The predicted octanol–water partition coefficient (Wildman–Crippen LogP) is 2.72. The Kier molecular flexibility index (Phi) is 5.44. The number of carbonyl (C=O) groups is 1. The van der Waals surface area contributed by atoms with E-state index in [0.717, 1.165) is 51.9 Å². The molecule has 0 spiro atoms. The zero-order valence-electron chi connectivity index (χ0n) is 14.0. The summed E-state index contributed by atoms with van der Waals surface area (Å²) in [6, 6.07) is 4.10. The van der Waals surface area contributed by atoms with Crippen molar-refractivity contribution < 1.29 is 4.79 Å². The van der Waals surface area contributed by atoms with Gasteiger partial charge in [-0.15, -0.1) is 0 Å². The molecule has 0 saturated carbocycles. The Morgan fingerprint density at radius 3 is 3.04 bits per heavy atom. The van der Waals surface area contributed by atoms with Crippen molar-refractivity contribution in [2.75, 3.05) is 26.7 Å². The summed E-state index contributed by atoms with van der Waals surface area (Å²) in [6.07, 6.45) is 12.2. The van der Waals surface area contributed by atoms with Crippen LogP contribution in [0.1, 0.15) is 31.2 Å². The Labute approximate surface area is 139 Å². The van der Waals surface area contributed by atoms with Crippen LogP contribution in [0, 0.1) is 11.8 Å². The van der Waals surface area contributed by atoms with Gasteiger partial charge in [0.1, 0.15) is 0 Å². The van der Waals surface area contributed by atoms with Crippen LogP contribution < -0.4 is 0 Å². The van der Waals surface area contributed by atoms with E-state index < -0.39 is 0 Å². The smallest absolute Gasteiger partial charge is 0.226 e. The van der Waals surface area contributed by atoms with Crippen molar-refractivity contribution in [2.45, 2.75) is 32.2 Å². The van der Waals surface area contributed by atoms with Crippen molar-refractivity contribution in [3.05, 3.63) is 42.2 Å². The highest BCUT2D eigenvalue weighted by atomic mass is 16.2. The normalized spacial score (nSPS) is 24.3. The first kappa shape index (κ1) is 16.2. The van der Waals surface area contributed by atoms with Gasteiger partial charge >= 0.3 is 0 Å². The van der Waals surface area contributed by atoms with Crippen molar-refractivity contribution in [1.82, 2.24) is 14.8 Å². The van der Waals surface area contributed by atoms with E-state index in [4.69, 9.17) is 0 Å². The quantitative estimate of drug-likeness (QED) is 0.784. The van der Waals surface area contributed by atoms with Crippen molar-refractivity contribution in [3.8, 4) is 0 Å². The van der Waals surface area contributed by atoms with E-state index in [9.17, 15) is 4.79 Å². The molecule has 124 valence electrons. The molecule has 0 bridgehead atoms. The molecule has 1 aliphatic heterocycles. The van der Waals surface area contributed by atoms with Crippen LogP contribution >= 0.6 is 0 Å². The average Bonchev–Trinajstić information content (AvgIpc) is 3.04. The SMILES string of the molecule is CN(Cc1cccnc1)C[C@@H]1CCN(C(=O)[C@H]2CC=CCC2)C1. The van der Waals surface area contributed by atoms with Crippen LogP contribution in [0.15, 0.2) is 36.7 Å². The fraction of sp³-hybridized carbons (Fsp3) is 0.579. The lowest BCUT2D eigenvalue weighted by Crippen LogP contribution is -2.36. The molecule has 2 aliphatic rings. The summed E-state index contributed by atoms with van der Waals surface area (Å²) < 4.78 is 0. The highest BCUT2D eigenvalue weighted by molar-refractivity contribution is 5.79. The molecule has 4 nitrogen and oxygen atoms in total. The number of aromatic nitrogens is 1. The molecular formula is C19H27N3O. The zero-order valence-corrected chi connectivity index (χ0v) is 14.0. The molecule has 4 heteroatoms. The number of rotatable bonds is 5. The first-order valence-electron chi connectivity index (χ1n) is 8.73. The molecule has 1 fully saturated rings. The standard InChI is InChI=1S/C19H27N3O/c1-21(13-16-6-5-10-20-12-16)14-17-9-11-22(15-17)19(23)18-7-3-2-4-8-18/h2-3,5-6,10,12,17-18H,4,7-9,11,13-15H2,1H3/t17-,18-/m0/s1. The highest BCUT2D eigenvalue weighted by Crippen LogP contribution is 2.25. The fourth-order valence-electron chi connectivity index (χ4n) is 3.77. The minimum Gasteiger partial charge on any atom is -0.342 e. The second kappa shape index (κ2) is 7.73. The van der Waals surface area contributed by atoms with Gasteiger partial charge in [0.25, 0.3) is 0 Å². The maximum atomic E-state index is 12.6. The van der Waals surface area contributed by atoms with E-state index in [1.807, 2.05) is 18.5 Å². The van der Waals surface area contributed by atoms with Crippen molar-refractivity contribution in [3.63, 3.8) is 0 Å². The number of hydrogen-bond donors (Lipinski definition) is 0. The number of nitrogens with zero attached hydrogens (tertiary/aromatic N) is 3. The van der Waals surface area contributed by atoms with E-state index >= 15 is 0 Å². The maximum absolute atomic E-state index is 12.6. The third kappa shape index (κ3) is 4.41. The molecular weight excluding hydrogens is 286 g/mol. The van der Waals surface area contributed by atoms with Crippen LogP contribution in [-0.2, 0) is 11.3 Å². The minimum absolute atomic E-state index is 0.229. The van der Waals surface area contributed by atoms with Crippen LogP contribution in [-0.4, -0.2) is 47.4 Å². The van der Waals surface area contributed by atoms with Gasteiger partial charge in [-0.3, -0.25) is 9.78 Å². The summed E-state index contributed by atoms with van der Waals surface area (Å²) in [5.74, 6) is 1.21. The molecule has 1 aromatic rings. The van der Waals surface area contributed by atoms with Gasteiger partial charge in [-0.05, 0) is 50.3 Å². The summed E-state index contributed by atoms with van der Waals surface area (Å²) in [6.45, 7) is 3.83. The van der Waals surface area contributed by atoms with Gasteiger partial charge in [0.15, 0.2) is 0 Å². The molecule has 0 N–H and O–H groups in total. The molecule has 1 amide bonds. The molecule has 0 aromatic carbocycles. The van der Waals surface area contributed by atoms with E-state index in [1.165, 1.54) is 5.56 Å². The van der Waals surface area contributed by atoms with Crippen molar-refractivity contribution in [1.29, 1.82) is 0 Å². The average molecular weight is 313 g/mol. The second-order valence-electron chi connectivity index (χ2n) is 6.98. The molecule has 1 aromatic heterocycles. The number of hydrogen-bond acceptors (Lipinski definition) is 3. The van der Waals surface area contributed by atoms with E-state index in [2.05, 4.69) is 40.0 Å². The number of amides is 1. The minimum atomic E-state index is 0.229. The van der Waals surface area contributed by atoms with E-state index in [0.29, 0.717) is 11.8 Å². The Morgan fingerprint density at radius 1 is 1.39 bits per heavy atom. The summed E-state index contributed by atoms with van der Waals surface area (Å²) >= 11 is 0. The topological polar surface area (TPSA) is 36.4 Å². The number of likely N-dealkylation sites (tertiary alicyclic amines) is 1. The van der Waals surface area contributed by atoms with Gasteiger partial charge in [-0.25, -0.2) is 0 Å². The van der Waals surface area contributed by atoms with Gasteiger partial charge in [-0.1, -0.05) is 18.2 Å². The van der Waals surface area contributed by atoms with Crippen molar-refractivity contribution >= 4 is 5.91 Å². The van der Waals surface area contributed by atoms with Gasteiger partial charge in [0, 0.05) is 44.5 Å². The van der Waals surface area contributed by atoms with E-state index in [-0.39, 0.29) is 5.92 Å². The monoisotopic (exact) mass is 313 g/mol. The van der Waals surface area contributed by atoms with Crippen LogP contribution in [0.5, 0.6) is 0 Å². The van der Waals surface area contributed by atoms with Gasteiger partial charge in [0.2, 0.25) is 5.91 Å². The lowest BCUT2D eigenvalue weighted by atomic mass is 9.93. The Balaban J connectivity index is 1.46. The molecule has 1 saturated heterocycles. The lowest BCUT2D eigenvalue weighted by molar-refractivity contribution is -0.134. The van der Waals surface area contributed by atoms with Crippen LogP contribution in [0.3, 0.4) is 0 Å². The fourth-order valence-corrected chi connectivity index (χ4v) is 3.77. The first-order valence-corrected chi connectivity index (χ1v) is 8.73. The Hall–Kier alpha value is -1.68. The molecule has 1 aliphatic carbocycles. The van der Waals surface area contributed by atoms with E-state index in [1.54, 1.807) is 0 Å². The summed E-state index contributed by atoms with van der Waals surface area (Å²) in [4.78, 5) is 21.2. The van der Waals surface area contributed by atoms with Crippen molar-refractivity contribution in [2.24, 2.45) is 11.8 Å². The number of allylic oxidation sites excluding steroid dienone is 2. The molecule has 3 rings (SSSR count). The number of carbonyl (C=O) groups excluding carboxylic acids is 1.